The van der Waals surface area contributed by atoms with Gasteiger partial charge in [-0.05, 0) is 37.1 Å². The Kier molecular flexibility index (Phi) is 8.38. The van der Waals surface area contributed by atoms with Gasteiger partial charge in [0.2, 0.25) is 5.91 Å². The van der Waals surface area contributed by atoms with Crippen molar-refractivity contribution in [3.8, 4) is 0 Å². The molecule has 0 bridgehead atoms. The zero-order valence-corrected chi connectivity index (χ0v) is 13.5. The van der Waals surface area contributed by atoms with Gasteiger partial charge in [-0.25, -0.2) is 4.39 Å². The molecule has 0 spiro atoms. The van der Waals surface area contributed by atoms with Gasteiger partial charge in [0, 0.05) is 29.7 Å². The average molecular weight is 313 g/mol. The van der Waals surface area contributed by atoms with Gasteiger partial charge in [0.25, 0.3) is 0 Å². The number of aliphatic hydroxyl groups excluding tert-OH is 1. The van der Waals surface area contributed by atoms with Crippen LogP contribution in [-0.2, 0) is 4.79 Å². The number of halogens is 1. The van der Waals surface area contributed by atoms with Crippen LogP contribution in [0.4, 0.5) is 4.39 Å². The van der Waals surface area contributed by atoms with Crippen LogP contribution in [0.5, 0.6) is 0 Å². The molecule has 0 aliphatic heterocycles. The van der Waals surface area contributed by atoms with Crippen LogP contribution in [-0.4, -0.2) is 40.9 Å². The number of rotatable bonds is 9. The van der Waals surface area contributed by atoms with Gasteiger partial charge in [-0.3, -0.25) is 4.79 Å². The highest BCUT2D eigenvalue weighted by atomic mass is 32.2. The van der Waals surface area contributed by atoms with Gasteiger partial charge >= 0.3 is 0 Å². The number of thioether (sulfide) groups is 1. The summed E-state index contributed by atoms with van der Waals surface area (Å²) in [5.74, 6) is 0.484. The molecule has 0 aromatic heterocycles. The number of aliphatic hydroxyl groups is 1. The molecule has 0 saturated carbocycles. The van der Waals surface area contributed by atoms with E-state index in [1.54, 1.807) is 28.8 Å². The molecule has 21 heavy (non-hydrogen) atoms. The van der Waals surface area contributed by atoms with Gasteiger partial charge in [0.05, 0.1) is 6.61 Å². The lowest BCUT2D eigenvalue weighted by Crippen LogP contribution is -2.41. The lowest BCUT2D eigenvalue weighted by Gasteiger charge is -2.30. The van der Waals surface area contributed by atoms with Crippen LogP contribution in [0.1, 0.15) is 33.1 Å². The summed E-state index contributed by atoms with van der Waals surface area (Å²) < 4.78 is 12.8. The second-order valence-corrected chi connectivity index (χ2v) is 6.00. The number of carbonyl (C=O) groups excluding carboxylic acids is 1. The van der Waals surface area contributed by atoms with Gasteiger partial charge in [0.1, 0.15) is 5.82 Å². The molecule has 1 aromatic rings. The predicted molar refractivity (Wildman–Crippen MR) is 84.9 cm³/mol. The smallest absolute Gasteiger partial charge is 0.223 e. The Bertz CT molecular complexity index is 421. The van der Waals surface area contributed by atoms with Crippen molar-refractivity contribution >= 4 is 17.7 Å². The van der Waals surface area contributed by atoms with E-state index < -0.39 is 0 Å². The molecule has 3 nitrogen and oxygen atoms in total. The third-order valence-corrected chi connectivity index (χ3v) is 4.46. The maximum Gasteiger partial charge on any atom is 0.223 e. The van der Waals surface area contributed by atoms with Crippen molar-refractivity contribution in [2.45, 2.75) is 44.0 Å². The first-order valence-electron chi connectivity index (χ1n) is 7.41. The predicted octanol–water partition coefficient (Wildman–Crippen LogP) is 3.32. The quantitative estimate of drug-likeness (QED) is 0.711. The van der Waals surface area contributed by atoms with E-state index in [9.17, 15) is 9.18 Å². The van der Waals surface area contributed by atoms with Gasteiger partial charge in [0.15, 0.2) is 0 Å². The lowest BCUT2D eigenvalue weighted by atomic mass is 10.1. The summed E-state index contributed by atoms with van der Waals surface area (Å²) >= 11 is 1.54. The van der Waals surface area contributed by atoms with E-state index in [2.05, 4.69) is 13.8 Å². The minimum Gasteiger partial charge on any atom is -0.395 e. The third-order valence-electron chi connectivity index (χ3n) is 3.44. The Morgan fingerprint density at radius 3 is 2.43 bits per heavy atom. The van der Waals surface area contributed by atoms with Crippen LogP contribution in [0, 0.1) is 5.82 Å². The van der Waals surface area contributed by atoms with Crippen molar-refractivity contribution in [3.63, 3.8) is 0 Å². The summed E-state index contributed by atoms with van der Waals surface area (Å²) in [5, 5.41) is 9.12. The van der Waals surface area contributed by atoms with Crippen LogP contribution in [0.25, 0.3) is 0 Å². The fraction of sp³-hybridized carbons (Fsp3) is 0.562. The standard InChI is InChI=1S/C16H24FNO2S/c1-3-14(4-2)18(10-11-19)16(20)9-12-21-15-7-5-13(17)6-8-15/h5-8,14,19H,3-4,9-12H2,1-2H3. The summed E-state index contributed by atoms with van der Waals surface area (Å²) in [6.07, 6.45) is 2.22. The number of hydrogen-bond acceptors (Lipinski definition) is 3. The van der Waals surface area contributed by atoms with Gasteiger partial charge in [-0.1, -0.05) is 13.8 Å². The molecule has 1 aromatic carbocycles. The zero-order chi connectivity index (χ0) is 15.7. The first-order chi connectivity index (χ1) is 10.1. The topological polar surface area (TPSA) is 40.5 Å². The summed E-state index contributed by atoms with van der Waals surface area (Å²) in [6, 6.07) is 6.48. The molecule has 0 fully saturated rings. The second-order valence-electron chi connectivity index (χ2n) is 4.83. The number of amides is 1. The summed E-state index contributed by atoms with van der Waals surface area (Å²) in [5.41, 5.74) is 0. The molecule has 1 N–H and O–H groups in total. The first kappa shape index (κ1) is 18.0. The highest BCUT2D eigenvalue weighted by Gasteiger charge is 2.19. The van der Waals surface area contributed by atoms with Crippen molar-refractivity contribution in [2.24, 2.45) is 0 Å². The molecular formula is C16H24FNO2S. The normalized spacial score (nSPS) is 10.9. The molecule has 118 valence electrons. The Morgan fingerprint density at radius 2 is 1.90 bits per heavy atom. The van der Waals surface area contributed by atoms with E-state index in [4.69, 9.17) is 5.11 Å². The van der Waals surface area contributed by atoms with Crippen molar-refractivity contribution in [1.29, 1.82) is 0 Å². The molecule has 1 rings (SSSR count). The SMILES string of the molecule is CCC(CC)N(CCO)C(=O)CCSc1ccc(F)cc1. The first-order valence-corrected chi connectivity index (χ1v) is 8.39. The monoisotopic (exact) mass is 313 g/mol. The van der Waals surface area contributed by atoms with E-state index in [1.807, 2.05) is 0 Å². The largest absolute Gasteiger partial charge is 0.395 e. The molecule has 0 heterocycles. The number of benzene rings is 1. The molecule has 0 radical (unpaired) electrons. The fourth-order valence-corrected chi connectivity index (χ4v) is 3.12. The highest BCUT2D eigenvalue weighted by molar-refractivity contribution is 7.99. The van der Waals surface area contributed by atoms with Gasteiger partial charge < -0.3 is 10.0 Å². The molecule has 0 aliphatic carbocycles. The Balaban J connectivity index is 2.47. The van der Waals surface area contributed by atoms with Crippen molar-refractivity contribution in [1.82, 2.24) is 4.90 Å². The summed E-state index contributed by atoms with van der Waals surface area (Å²) in [4.78, 5) is 15.0. The van der Waals surface area contributed by atoms with E-state index in [0.29, 0.717) is 18.7 Å². The zero-order valence-electron chi connectivity index (χ0n) is 12.7. The number of nitrogens with zero attached hydrogens (tertiary/aromatic N) is 1. The molecule has 0 saturated heterocycles. The minimum atomic E-state index is -0.252. The molecule has 0 atom stereocenters. The Hall–Kier alpha value is -1.07. The van der Waals surface area contributed by atoms with Crippen LogP contribution in [0.15, 0.2) is 29.2 Å². The minimum absolute atomic E-state index is 0.00660. The maximum absolute atomic E-state index is 12.8. The highest BCUT2D eigenvalue weighted by Crippen LogP contribution is 2.20. The fourth-order valence-electron chi connectivity index (χ4n) is 2.28. The van der Waals surface area contributed by atoms with Gasteiger partial charge in [-0.15, -0.1) is 11.8 Å². The average Bonchev–Trinajstić information content (AvgIpc) is 2.49. The van der Waals surface area contributed by atoms with Crippen molar-refractivity contribution in [3.05, 3.63) is 30.1 Å². The maximum atomic E-state index is 12.8. The van der Waals surface area contributed by atoms with Crippen LogP contribution < -0.4 is 0 Å². The van der Waals surface area contributed by atoms with Crippen LogP contribution in [0.2, 0.25) is 0 Å². The van der Waals surface area contributed by atoms with E-state index in [0.717, 1.165) is 17.7 Å². The Morgan fingerprint density at radius 1 is 1.29 bits per heavy atom. The molecular weight excluding hydrogens is 289 g/mol. The number of hydrogen-bond donors (Lipinski definition) is 1. The molecule has 0 aliphatic rings. The molecule has 5 heteroatoms. The van der Waals surface area contributed by atoms with Crippen LogP contribution in [0.3, 0.4) is 0 Å². The van der Waals surface area contributed by atoms with E-state index >= 15 is 0 Å². The molecule has 1 amide bonds. The van der Waals surface area contributed by atoms with E-state index in [-0.39, 0.29) is 24.4 Å². The van der Waals surface area contributed by atoms with E-state index in [1.165, 1.54) is 12.1 Å². The lowest BCUT2D eigenvalue weighted by molar-refractivity contribution is -0.133. The number of carbonyl (C=O) groups is 1. The van der Waals surface area contributed by atoms with Crippen LogP contribution >= 0.6 is 11.8 Å². The molecule has 0 unspecified atom stereocenters. The van der Waals surface area contributed by atoms with Crippen molar-refractivity contribution < 1.29 is 14.3 Å². The van der Waals surface area contributed by atoms with Gasteiger partial charge in [-0.2, -0.15) is 0 Å². The Labute approximate surface area is 130 Å². The summed E-state index contributed by atoms with van der Waals surface area (Å²) in [6.45, 7) is 4.50. The third kappa shape index (κ3) is 6.06. The summed E-state index contributed by atoms with van der Waals surface area (Å²) in [7, 11) is 0. The van der Waals surface area contributed by atoms with Crippen molar-refractivity contribution in [2.75, 3.05) is 18.9 Å². The second kappa shape index (κ2) is 9.79.